The molecule has 0 aliphatic rings. The van der Waals surface area contributed by atoms with Crippen molar-refractivity contribution in [2.24, 2.45) is 0 Å². The number of hydrogen-bond acceptors (Lipinski definition) is 5. The second kappa shape index (κ2) is 8.44. The summed E-state index contributed by atoms with van der Waals surface area (Å²) in [6, 6.07) is 23.1. The number of benzene rings is 3. The summed E-state index contributed by atoms with van der Waals surface area (Å²) < 4.78 is 11.8. The molecule has 1 N–H and O–H groups in total. The molecule has 0 aliphatic carbocycles. The van der Waals surface area contributed by atoms with Crippen molar-refractivity contribution in [3.8, 4) is 39.4 Å². The van der Waals surface area contributed by atoms with Crippen molar-refractivity contribution in [3.05, 3.63) is 99.0 Å². The van der Waals surface area contributed by atoms with E-state index in [0.29, 0.717) is 27.4 Å². The average molecular weight is 457 g/mol. The Labute approximate surface area is 193 Å². The first-order valence-corrected chi connectivity index (χ1v) is 11.1. The maximum absolute atomic E-state index is 13.6. The number of H-pyrrole nitrogens is 1. The Morgan fingerprint density at radius 1 is 0.818 bits per heavy atom. The van der Waals surface area contributed by atoms with E-state index in [1.807, 2.05) is 47.8 Å². The maximum Gasteiger partial charge on any atom is 0.334 e. The molecule has 0 unspecified atom stereocenters. The lowest BCUT2D eigenvalue weighted by Gasteiger charge is -2.12. The summed E-state index contributed by atoms with van der Waals surface area (Å²) in [6.45, 7) is 0. The molecule has 0 amide bonds. The Morgan fingerprint density at radius 3 is 2.21 bits per heavy atom. The SMILES string of the molecule is COc1ccc(-n2c(=O)[nH]c3scc(-c4ccc(-c5ccccc5)cc4)c3c2=O)c(OC)c1. The number of aromatic nitrogens is 2. The summed E-state index contributed by atoms with van der Waals surface area (Å²) in [5.41, 5.74) is 3.31. The van der Waals surface area contributed by atoms with Crippen LogP contribution in [-0.4, -0.2) is 23.8 Å². The quantitative estimate of drug-likeness (QED) is 0.400. The van der Waals surface area contributed by atoms with E-state index < -0.39 is 11.2 Å². The number of ether oxygens (including phenoxy) is 2. The maximum atomic E-state index is 13.6. The van der Waals surface area contributed by atoms with Crippen molar-refractivity contribution < 1.29 is 9.47 Å². The van der Waals surface area contributed by atoms with Crippen LogP contribution in [0.5, 0.6) is 11.5 Å². The van der Waals surface area contributed by atoms with Gasteiger partial charge in [-0.25, -0.2) is 9.36 Å². The fraction of sp³-hybridized carbons (Fsp3) is 0.0769. The van der Waals surface area contributed by atoms with Crippen LogP contribution in [0.3, 0.4) is 0 Å². The van der Waals surface area contributed by atoms with E-state index in [1.54, 1.807) is 25.3 Å². The zero-order valence-electron chi connectivity index (χ0n) is 18.0. The van der Waals surface area contributed by atoms with Gasteiger partial charge in [-0.05, 0) is 28.8 Å². The first-order chi connectivity index (χ1) is 16.1. The first kappa shape index (κ1) is 20.8. The van der Waals surface area contributed by atoms with E-state index in [1.165, 1.54) is 18.4 Å². The number of thiophene rings is 1. The van der Waals surface area contributed by atoms with Crippen LogP contribution in [-0.2, 0) is 0 Å². The highest BCUT2D eigenvalue weighted by molar-refractivity contribution is 7.17. The normalized spacial score (nSPS) is 11.0. The lowest BCUT2D eigenvalue weighted by molar-refractivity contribution is 0.392. The lowest BCUT2D eigenvalue weighted by Crippen LogP contribution is -2.33. The highest BCUT2D eigenvalue weighted by atomic mass is 32.1. The summed E-state index contributed by atoms with van der Waals surface area (Å²) >= 11 is 1.34. The number of fused-ring (bicyclic) bond motifs is 1. The van der Waals surface area contributed by atoms with Crippen LogP contribution in [0.25, 0.3) is 38.2 Å². The van der Waals surface area contributed by atoms with Gasteiger partial charge < -0.3 is 9.47 Å². The Balaban J connectivity index is 1.67. The predicted octanol–water partition coefficient (Wildman–Crippen LogP) is 5.09. The fourth-order valence-electron chi connectivity index (χ4n) is 3.89. The molecule has 6 nitrogen and oxygen atoms in total. The zero-order valence-corrected chi connectivity index (χ0v) is 18.8. The van der Waals surface area contributed by atoms with Gasteiger partial charge in [-0.3, -0.25) is 9.78 Å². The average Bonchev–Trinajstić information content (AvgIpc) is 3.28. The molecule has 7 heteroatoms. The Bertz CT molecular complexity index is 1560. The number of aromatic amines is 1. The number of nitrogens with zero attached hydrogens (tertiary/aromatic N) is 1. The molecular formula is C26H20N2O4S. The van der Waals surface area contributed by atoms with Crippen LogP contribution in [0.1, 0.15) is 0 Å². The summed E-state index contributed by atoms with van der Waals surface area (Å²) in [5, 5.41) is 2.36. The largest absolute Gasteiger partial charge is 0.497 e. The summed E-state index contributed by atoms with van der Waals surface area (Å²) in [7, 11) is 3.03. The molecule has 3 aromatic carbocycles. The summed E-state index contributed by atoms with van der Waals surface area (Å²) in [6.07, 6.45) is 0. The standard InChI is InChI=1S/C26H20N2O4S/c1-31-19-12-13-21(22(14-19)32-2)28-25(29)23-20(15-33-24(23)27-26(28)30)18-10-8-17(9-11-18)16-6-4-3-5-7-16/h3-15H,1-2H3,(H,27,30). The minimum atomic E-state index is -0.524. The molecule has 33 heavy (non-hydrogen) atoms. The van der Waals surface area contributed by atoms with Crippen molar-refractivity contribution >= 4 is 21.6 Å². The Hall–Kier alpha value is -4.10. The van der Waals surface area contributed by atoms with Crippen molar-refractivity contribution in [1.29, 1.82) is 0 Å². The van der Waals surface area contributed by atoms with Crippen molar-refractivity contribution in [2.75, 3.05) is 14.2 Å². The van der Waals surface area contributed by atoms with Gasteiger partial charge in [0.1, 0.15) is 16.3 Å². The van der Waals surface area contributed by atoms with Crippen LogP contribution >= 0.6 is 11.3 Å². The molecule has 0 aliphatic heterocycles. The monoisotopic (exact) mass is 456 g/mol. The molecule has 0 bridgehead atoms. The minimum absolute atomic E-state index is 0.350. The molecule has 0 saturated heterocycles. The first-order valence-electron chi connectivity index (χ1n) is 10.3. The zero-order chi connectivity index (χ0) is 22.9. The van der Waals surface area contributed by atoms with Gasteiger partial charge in [-0.1, -0.05) is 54.6 Å². The van der Waals surface area contributed by atoms with Gasteiger partial charge in [-0.15, -0.1) is 11.3 Å². The van der Waals surface area contributed by atoms with E-state index in [4.69, 9.17) is 9.47 Å². The summed E-state index contributed by atoms with van der Waals surface area (Å²) in [5.74, 6) is 0.932. The van der Waals surface area contributed by atoms with Crippen LogP contribution in [0.4, 0.5) is 0 Å². The van der Waals surface area contributed by atoms with Gasteiger partial charge in [-0.2, -0.15) is 0 Å². The Kier molecular flexibility index (Phi) is 5.32. The lowest BCUT2D eigenvalue weighted by atomic mass is 10.0. The second-order valence-electron chi connectivity index (χ2n) is 7.41. The van der Waals surface area contributed by atoms with Gasteiger partial charge in [0.2, 0.25) is 0 Å². The smallest absolute Gasteiger partial charge is 0.334 e. The third-order valence-electron chi connectivity index (χ3n) is 5.56. The molecule has 0 fully saturated rings. The van der Waals surface area contributed by atoms with Gasteiger partial charge in [0, 0.05) is 17.0 Å². The highest BCUT2D eigenvalue weighted by Crippen LogP contribution is 2.33. The van der Waals surface area contributed by atoms with E-state index in [9.17, 15) is 9.59 Å². The molecule has 0 atom stereocenters. The van der Waals surface area contributed by atoms with E-state index in [2.05, 4.69) is 17.1 Å². The predicted molar refractivity (Wildman–Crippen MR) is 132 cm³/mol. The van der Waals surface area contributed by atoms with Gasteiger partial charge in [0.25, 0.3) is 5.56 Å². The third-order valence-corrected chi connectivity index (χ3v) is 6.46. The van der Waals surface area contributed by atoms with Gasteiger partial charge in [0.15, 0.2) is 0 Å². The number of rotatable bonds is 5. The molecule has 0 spiro atoms. The van der Waals surface area contributed by atoms with Crippen molar-refractivity contribution in [3.63, 3.8) is 0 Å². The highest BCUT2D eigenvalue weighted by Gasteiger charge is 2.18. The molecule has 5 rings (SSSR count). The second-order valence-corrected chi connectivity index (χ2v) is 8.29. The van der Waals surface area contributed by atoms with E-state index in [-0.39, 0.29) is 0 Å². The number of hydrogen-bond donors (Lipinski definition) is 1. The molecule has 0 saturated carbocycles. The van der Waals surface area contributed by atoms with Crippen LogP contribution in [0.15, 0.2) is 87.8 Å². The van der Waals surface area contributed by atoms with E-state index >= 15 is 0 Å². The fourth-order valence-corrected chi connectivity index (χ4v) is 4.84. The Morgan fingerprint density at radius 2 is 1.52 bits per heavy atom. The van der Waals surface area contributed by atoms with Gasteiger partial charge >= 0.3 is 5.69 Å². The topological polar surface area (TPSA) is 73.3 Å². The molecular weight excluding hydrogens is 436 g/mol. The molecule has 2 aromatic heterocycles. The molecule has 5 aromatic rings. The van der Waals surface area contributed by atoms with Crippen molar-refractivity contribution in [1.82, 2.24) is 9.55 Å². The number of methoxy groups -OCH3 is 2. The molecule has 0 radical (unpaired) electrons. The summed E-state index contributed by atoms with van der Waals surface area (Å²) in [4.78, 5) is 29.8. The van der Waals surface area contributed by atoms with Crippen LogP contribution in [0.2, 0.25) is 0 Å². The van der Waals surface area contributed by atoms with Crippen LogP contribution < -0.4 is 20.7 Å². The minimum Gasteiger partial charge on any atom is -0.497 e. The molecule has 164 valence electrons. The van der Waals surface area contributed by atoms with Crippen molar-refractivity contribution in [2.45, 2.75) is 0 Å². The number of nitrogens with one attached hydrogen (secondary N) is 1. The van der Waals surface area contributed by atoms with E-state index in [0.717, 1.165) is 26.8 Å². The third kappa shape index (κ3) is 3.62. The van der Waals surface area contributed by atoms with Crippen LogP contribution in [0, 0.1) is 0 Å². The van der Waals surface area contributed by atoms with Gasteiger partial charge in [0.05, 0.1) is 25.3 Å². The molecule has 2 heterocycles.